The van der Waals surface area contributed by atoms with Crippen LogP contribution in [0.1, 0.15) is 19.8 Å². The van der Waals surface area contributed by atoms with Crippen molar-refractivity contribution in [3.63, 3.8) is 0 Å². The van der Waals surface area contributed by atoms with Gasteiger partial charge in [-0.3, -0.25) is 4.79 Å². The number of hydrogen-bond acceptors (Lipinski definition) is 4. The summed E-state index contributed by atoms with van der Waals surface area (Å²) < 4.78 is 5.12. The predicted octanol–water partition coefficient (Wildman–Crippen LogP) is 0.0325. The summed E-state index contributed by atoms with van der Waals surface area (Å²) in [6, 6.07) is 1.95. The molecule has 0 atom stereocenters. The zero-order chi connectivity index (χ0) is 11.4. The number of carbonyl (C=O) groups excluding carboxylic acids is 1. The van der Waals surface area contributed by atoms with Crippen molar-refractivity contribution in [2.45, 2.75) is 19.8 Å². The van der Waals surface area contributed by atoms with Crippen LogP contribution in [0, 0.1) is 11.3 Å². The standard InChI is InChI=1S/C10H19N3O2/c1-2-5-12-7-8-15-9-10(14)13-6-3-4-11/h12H,2-3,5-9H2,1H3,(H,13,14). The van der Waals surface area contributed by atoms with Gasteiger partial charge in [0.15, 0.2) is 0 Å². The molecule has 1 amide bonds. The zero-order valence-corrected chi connectivity index (χ0v) is 9.21. The van der Waals surface area contributed by atoms with Gasteiger partial charge in [0.2, 0.25) is 5.91 Å². The molecule has 5 heteroatoms. The Bertz CT molecular complexity index is 201. The highest BCUT2D eigenvalue weighted by atomic mass is 16.5. The molecule has 0 bridgehead atoms. The summed E-state index contributed by atoms with van der Waals surface area (Å²) in [5.41, 5.74) is 0. The number of rotatable bonds is 9. The predicted molar refractivity (Wildman–Crippen MR) is 57.2 cm³/mol. The van der Waals surface area contributed by atoms with Crippen molar-refractivity contribution in [3.8, 4) is 6.07 Å². The molecule has 0 aromatic carbocycles. The fourth-order valence-electron chi connectivity index (χ4n) is 0.920. The van der Waals surface area contributed by atoms with E-state index >= 15 is 0 Å². The monoisotopic (exact) mass is 213 g/mol. The highest BCUT2D eigenvalue weighted by molar-refractivity contribution is 5.77. The molecule has 0 aliphatic rings. The van der Waals surface area contributed by atoms with Gasteiger partial charge in [0.25, 0.3) is 0 Å². The Morgan fingerprint density at radius 3 is 2.87 bits per heavy atom. The van der Waals surface area contributed by atoms with Gasteiger partial charge < -0.3 is 15.4 Å². The van der Waals surface area contributed by atoms with Gasteiger partial charge in [-0.05, 0) is 13.0 Å². The van der Waals surface area contributed by atoms with E-state index in [9.17, 15) is 4.79 Å². The molecule has 0 saturated carbocycles. The van der Waals surface area contributed by atoms with Crippen LogP contribution < -0.4 is 10.6 Å². The summed E-state index contributed by atoms with van der Waals surface area (Å²) in [5.74, 6) is -0.166. The Morgan fingerprint density at radius 1 is 1.40 bits per heavy atom. The minimum atomic E-state index is -0.166. The molecule has 2 N–H and O–H groups in total. The van der Waals surface area contributed by atoms with Crippen molar-refractivity contribution in [1.82, 2.24) is 10.6 Å². The van der Waals surface area contributed by atoms with E-state index in [0.29, 0.717) is 19.6 Å². The molecule has 0 radical (unpaired) electrons. The highest BCUT2D eigenvalue weighted by Crippen LogP contribution is 1.77. The molecule has 0 rings (SSSR count). The zero-order valence-electron chi connectivity index (χ0n) is 9.21. The number of nitrogens with one attached hydrogen (secondary N) is 2. The van der Waals surface area contributed by atoms with Gasteiger partial charge in [0, 0.05) is 13.1 Å². The Balaban J connectivity index is 3.14. The second-order valence-corrected chi connectivity index (χ2v) is 3.06. The van der Waals surface area contributed by atoms with E-state index in [-0.39, 0.29) is 12.5 Å². The van der Waals surface area contributed by atoms with E-state index in [4.69, 9.17) is 10.00 Å². The smallest absolute Gasteiger partial charge is 0.246 e. The maximum Gasteiger partial charge on any atom is 0.246 e. The van der Waals surface area contributed by atoms with Gasteiger partial charge in [0.05, 0.1) is 19.1 Å². The first-order valence-corrected chi connectivity index (χ1v) is 5.23. The highest BCUT2D eigenvalue weighted by Gasteiger charge is 1.99. The van der Waals surface area contributed by atoms with Crippen molar-refractivity contribution in [3.05, 3.63) is 0 Å². The van der Waals surface area contributed by atoms with Crippen LogP contribution in [-0.2, 0) is 9.53 Å². The molecule has 0 unspecified atom stereocenters. The third-order valence-electron chi connectivity index (χ3n) is 1.64. The summed E-state index contributed by atoms with van der Waals surface area (Å²) in [7, 11) is 0. The Hall–Kier alpha value is -1.12. The van der Waals surface area contributed by atoms with Gasteiger partial charge >= 0.3 is 0 Å². The van der Waals surface area contributed by atoms with Crippen LogP contribution in [0.25, 0.3) is 0 Å². The van der Waals surface area contributed by atoms with Crippen molar-refractivity contribution in [1.29, 1.82) is 5.26 Å². The molecule has 0 fully saturated rings. The van der Waals surface area contributed by atoms with Gasteiger partial charge in [-0.2, -0.15) is 5.26 Å². The molecule has 15 heavy (non-hydrogen) atoms. The molecule has 0 aliphatic carbocycles. The summed E-state index contributed by atoms with van der Waals surface area (Å²) in [5, 5.41) is 14.0. The number of nitriles is 1. The minimum absolute atomic E-state index is 0.0687. The largest absolute Gasteiger partial charge is 0.370 e. The molecule has 0 aromatic heterocycles. The lowest BCUT2D eigenvalue weighted by atomic mass is 10.4. The van der Waals surface area contributed by atoms with E-state index in [1.807, 2.05) is 6.07 Å². The quantitative estimate of drug-likeness (QED) is 0.530. The van der Waals surface area contributed by atoms with Crippen LogP contribution >= 0.6 is 0 Å². The normalized spacial score (nSPS) is 9.60. The molecule has 5 nitrogen and oxygen atoms in total. The Morgan fingerprint density at radius 2 is 2.20 bits per heavy atom. The van der Waals surface area contributed by atoms with Crippen molar-refractivity contribution < 1.29 is 9.53 Å². The van der Waals surface area contributed by atoms with Crippen LogP contribution in [-0.4, -0.2) is 38.8 Å². The van der Waals surface area contributed by atoms with Crippen molar-refractivity contribution >= 4 is 5.91 Å². The van der Waals surface area contributed by atoms with Gasteiger partial charge in [-0.1, -0.05) is 6.92 Å². The first-order chi connectivity index (χ1) is 7.31. The van der Waals surface area contributed by atoms with Crippen LogP contribution in [0.2, 0.25) is 0 Å². The lowest BCUT2D eigenvalue weighted by Crippen LogP contribution is -2.30. The van der Waals surface area contributed by atoms with E-state index in [2.05, 4.69) is 17.6 Å². The Labute approximate surface area is 90.8 Å². The molecule has 0 heterocycles. The van der Waals surface area contributed by atoms with Gasteiger partial charge in [0.1, 0.15) is 6.61 Å². The number of ether oxygens (including phenoxy) is 1. The fraction of sp³-hybridized carbons (Fsp3) is 0.800. The van der Waals surface area contributed by atoms with Crippen LogP contribution in [0.5, 0.6) is 0 Å². The summed E-state index contributed by atoms with van der Waals surface area (Å²) >= 11 is 0. The number of hydrogen-bond donors (Lipinski definition) is 2. The molecular formula is C10H19N3O2. The first kappa shape index (κ1) is 13.9. The molecule has 0 aromatic rings. The topological polar surface area (TPSA) is 74.2 Å². The third-order valence-corrected chi connectivity index (χ3v) is 1.64. The van der Waals surface area contributed by atoms with E-state index in [0.717, 1.165) is 19.5 Å². The second-order valence-electron chi connectivity index (χ2n) is 3.06. The summed E-state index contributed by atoms with van der Waals surface area (Å²) in [4.78, 5) is 11.0. The molecular weight excluding hydrogens is 194 g/mol. The van der Waals surface area contributed by atoms with Gasteiger partial charge in [-0.15, -0.1) is 0 Å². The van der Waals surface area contributed by atoms with Crippen molar-refractivity contribution in [2.24, 2.45) is 0 Å². The van der Waals surface area contributed by atoms with E-state index < -0.39 is 0 Å². The van der Waals surface area contributed by atoms with Gasteiger partial charge in [-0.25, -0.2) is 0 Å². The third kappa shape index (κ3) is 10.8. The minimum Gasteiger partial charge on any atom is -0.370 e. The van der Waals surface area contributed by atoms with E-state index in [1.54, 1.807) is 0 Å². The average molecular weight is 213 g/mol. The van der Waals surface area contributed by atoms with Crippen LogP contribution in [0.15, 0.2) is 0 Å². The molecule has 0 saturated heterocycles. The van der Waals surface area contributed by atoms with Crippen molar-refractivity contribution in [2.75, 3.05) is 32.8 Å². The summed E-state index contributed by atoms with van der Waals surface area (Å²) in [6.45, 7) is 4.82. The lowest BCUT2D eigenvalue weighted by Gasteiger charge is -2.05. The van der Waals surface area contributed by atoms with Crippen LogP contribution in [0.3, 0.4) is 0 Å². The lowest BCUT2D eigenvalue weighted by molar-refractivity contribution is -0.125. The molecule has 0 aliphatic heterocycles. The SMILES string of the molecule is CCCNCCOCC(=O)NCCC#N. The number of nitrogens with zero attached hydrogens (tertiary/aromatic N) is 1. The molecule has 86 valence electrons. The maximum atomic E-state index is 11.0. The average Bonchev–Trinajstić information content (AvgIpc) is 2.23. The molecule has 0 spiro atoms. The van der Waals surface area contributed by atoms with Crippen LogP contribution in [0.4, 0.5) is 0 Å². The maximum absolute atomic E-state index is 11.0. The summed E-state index contributed by atoms with van der Waals surface area (Å²) in [6.07, 6.45) is 1.43. The number of amides is 1. The fourth-order valence-corrected chi connectivity index (χ4v) is 0.920. The first-order valence-electron chi connectivity index (χ1n) is 5.23. The number of carbonyl (C=O) groups is 1. The Kier molecular flexibility index (Phi) is 10.1. The van der Waals surface area contributed by atoms with E-state index in [1.165, 1.54) is 0 Å². The second kappa shape index (κ2) is 11.0.